The second kappa shape index (κ2) is 10.4. The molecule has 1 aromatic heterocycles. The van der Waals surface area contributed by atoms with Crippen LogP contribution in [0.5, 0.6) is 5.75 Å². The summed E-state index contributed by atoms with van der Waals surface area (Å²) in [5.74, 6) is -0.166. The van der Waals surface area contributed by atoms with Gasteiger partial charge in [-0.3, -0.25) is 4.79 Å². The molecule has 8 heteroatoms. The van der Waals surface area contributed by atoms with Gasteiger partial charge < -0.3 is 14.6 Å². The summed E-state index contributed by atoms with van der Waals surface area (Å²) in [5, 5.41) is 20.7. The van der Waals surface area contributed by atoms with Crippen molar-refractivity contribution in [2.45, 2.75) is 91.3 Å². The normalized spacial score (nSPS) is 12.8. The number of carbonyl (C=O) groups excluding carboxylic acids is 1. The number of rotatable bonds is 8. The fourth-order valence-corrected chi connectivity index (χ4v) is 3.97. The Morgan fingerprint density at radius 3 is 2.31 bits per heavy atom. The van der Waals surface area contributed by atoms with Gasteiger partial charge in [-0.05, 0) is 76.3 Å². The summed E-state index contributed by atoms with van der Waals surface area (Å²) < 4.78 is 11.5. The van der Waals surface area contributed by atoms with Gasteiger partial charge in [0.1, 0.15) is 28.1 Å². The molecule has 1 heterocycles. The first-order valence-corrected chi connectivity index (χ1v) is 12.7. The molecule has 0 bridgehead atoms. The number of benzene rings is 2. The number of halogens is 1. The molecule has 0 saturated heterocycles. The smallest absolute Gasteiger partial charge is 0.306 e. The number of aromatic hydroxyl groups is 1. The van der Waals surface area contributed by atoms with E-state index in [-0.39, 0.29) is 29.2 Å². The van der Waals surface area contributed by atoms with E-state index in [0.29, 0.717) is 41.2 Å². The molecule has 1 N–H and O–H groups in total. The van der Waals surface area contributed by atoms with Crippen molar-refractivity contribution >= 4 is 28.6 Å². The molecule has 0 radical (unpaired) electrons. The molecule has 196 valence electrons. The highest BCUT2D eigenvalue weighted by atomic mass is 35.5. The minimum absolute atomic E-state index is 0.111. The number of nitrogens with zero attached hydrogens (tertiary/aromatic N) is 3. The van der Waals surface area contributed by atoms with Crippen LogP contribution in [-0.4, -0.2) is 43.9 Å². The van der Waals surface area contributed by atoms with Gasteiger partial charge >= 0.3 is 5.97 Å². The summed E-state index contributed by atoms with van der Waals surface area (Å²) in [6.45, 7) is 16.4. The first-order valence-electron chi connectivity index (χ1n) is 12.3. The number of carbonyl (C=O) groups is 1. The second-order valence-electron chi connectivity index (χ2n) is 11.8. The number of phenolic OH excluding ortho intramolecular Hbond substituents is 1. The average molecular weight is 516 g/mol. The summed E-state index contributed by atoms with van der Waals surface area (Å²) in [7, 11) is 0. The summed E-state index contributed by atoms with van der Waals surface area (Å²) in [4.78, 5) is 14.1. The lowest BCUT2D eigenvalue weighted by atomic mass is 9.84. The van der Waals surface area contributed by atoms with E-state index in [4.69, 9.17) is 21.1 Å². The summed E-state index contributed by atoms with van der Waals surface area (Å²) in [6, 6.07) is 9.03. The lowest BCUT2D eigenvalue weighted by molar-refractivity contribution is -0.158. The van der Waals surface area contributed by atoms with E-state index in [1.54, 1.807) is 18.2 Å². The van der Waals surface area contributed by atoms with E-state index in [9.17, 15) is 9.90 Å². The maximum atomic E-state index is 12.7. The molecule has 7 nitrogen and oxygen atoms in total. The molecular weight excluding hydrogens is 478 g/mol. The van der Waals surface area contributed by atoms with Gasteiger partial charge in [-0.15, -0.1) is 15.0 Å². The fourth-order valence-electron chi connectivity index (χ4n) is 3.80. The van der Waals surface area contributed by atoms with Crippen molar-refractivity contribution in [3.05, 3.63) is 46.5 Å². The van der Waals surface area contributed by atoms with E-state index < -0.39 is 5.60 Å². The topological polar surface area (TPSA) is 86.5 Å². The number of esters is 1. The Morgan fingerprint density at radius 1 is 1.00 bits per heavy atom. The van der Waals surface area contributed by atoms with Crippen LogP contribution in [0.2, 0.25) is 5.02 Å². The fraction of sp³-hybridized carbons (Fsp3) is 0.536. The Kier molecular flexibility index (Phi) is 8.06. The number of hydrogen-bond acceptors (Lipinski definition) is 6. The zero-order valence-electron chi connectivity index (χ0n) is 22.6. The highest BCUT2D eigenvalue weighted by Crippen LogP contribution is 2.36. The zero-order chi connectivity index (χ0) is 26.9. The van der Waals surface area contributed by atoms with Crippen LogP contribution in [0.1, 0.15) is 79.4 Å². The van der Waals surface area contributed by atoms with Crippen molar-refractivity contribution in [1.29, 1.82) is 0 Å². The van der Waals surface area contributed by atoms with Crippen LogP contribution in [0.25, 0.3) is 16.7 Å². The molecule has 0 unspecified atom stereocenters. The van der Waals surface area contributed by atoms with Gasteiger partial charge in [-0.1, -0.05) is 38.4 Å². The quantitative estimate of drug-likeness (QED) is 0.343. The van der Waals surface area contributed by atoms with Gasteiger partial charge in [0.25, 0.3) is 0 Å². The molecule has 0 amide bonds. The highest BCUT2D eigenvalue weighted by molar-refractivity contribution is 6.31. The number of fused-ring (bicyclic) bond motifs is 1. The lowest BCUT2D eigenvalue weighted by Gasteiger charge is -2.27. The minimum atomic E-state index is -0.626. The Balaban J connectivity index is 1.80. The Morgan fingerprint density at radius 2 is 1.67 bits per heavy atom. The molecular formula is C28H38ClN3O4. The predicted octanol–water partition coefficient (Wildman–Crippen LogP) is 6.54. The van der Waals surface area contributed by atoms with Crippen LogP contribution in [0.15, 0.2) is 30.3 Å². The Hall–Kier alpha value is -2.64. The Bertz CT molecular complexity index is 1240. The number of aryl methyl sites for hydroxylation is 1. The van der Waals surface area contributed by atoms with Crippen molar-refractivity contribution in [2.24, 2.45) is 0 Å². The highest BCUT2D eigenvalue weighted by Gasteiger charge is 2.26. The third kappa shape index (κ3) is 7.43. The van der Waals surface area contributed by atoms with Gasteiger partial charge in [0.05, 0.1) is 12.2 Å². The Labute approximate surface area is 218 Å². The van der Waals surface area contributed by atoms with E-state index in [2.05, 4.69) is 10.2 Å². The summed E-state index contributed by atoms with van der Waals surface area (Å²) in [5.41, 5.74) is 2.20. The first kappa shape index (κ1) is 27.9. The zero-order valence-corrected chi connectivity index (χ0v) is 23.4. The van der Waals surface area contributed by atoms with E-state index in [1.165, 1.54) is 4.80 Å². The van der Waals surface area contributed by atoms with E-state index in [0.717, 1.165) is 11.1 Å². The average Bonchev–Trinajstić information content (AvgIpc) is 3.13. The van der Waals surface area contributed by atoms with Gasteiger partial charge in [0, 0.05) is 23.4 Å². The standard InChI is InChI=1S/C28H38ClN3O4/c1-26(2,3)20-15-18(9-12-24(33)36-28(7,8)13-14-35-27(4,5)6)16-23(25(20)34)32-30-21-11-10-19(29)17-22(21)31-32/h10-11,15-17,34H,9,12-14H2,1-8H3. The minimum Gasteiger partial charge on any atom is -0.505 e. The molecule has 36 heavy (non-hydrogen) atoms. The summed E-state index contributed by atoms with van der Waals surface area (Å²) in [6.07, 6.45) is 1.27. The summed E-state index contributed by atoms with van der Waals surface area (Å²) >= 11 is 6.10. The molecule has 0 aliphatic carbocycles. The van der Waals surface area contributed by atoms with E-state index in [1.807, 2.05) is 67.5 Å². The van der Waals surface area contributed by atoms with Crippen molar-refractivity contribution in [1.82, 2.24) is 15.0 Å². The van der Waals surface area contributed by atoms with Crippen molar-refractivity contribution in [3.8, 4) is 11.4 Å². The number of hydrogen-bond donors (Lipinski definition) is 1. The van der Waals surface area contributed by atoms with Crippen molar-refractivity contribution in [3.63, 3.8) is 0 Å². The van der Waals surface area contributed by atoms with Crippen LogP contribution >= 0.6 is 11.6 Å². The van der Waals surface area contributed by atoms with Crippen molar-refractivity contribution in [2.75, 3.05) is 6.61 Å². The predicted molar refractivity (Wildman–Crippen MR) is 143 cm³/mol. The molecule has 3 rings (SSSR count). The van der Waals surface area contributed by atoms with Crippen LogP contribution in [-0.2, 0) is 26.1 Å². The number of ether oxygens (including phenoxy) is 2. The number of aromatic nitrogens is 3. The SMILES string of the molecule is CC(C)(C)OCCC(C)(C)OC(=O)CCc1cc(-n2nc3ccc(Cl)cc3n2)c(O)c(C(C)(C)C)c1. The van der Waals surface area contributed by atoms with Crippen LogP contribution in [0.3, 0.4) is 0 Å². The largest absolute Gasteiger partial charge is 0.505 e. The monoisotopic (exact) mass is 515 g/mol. The van der Waals surface area contributed by atoms with Crippen LogP contribution in [0.4, 0.5) is 0 Å². The molecule has 0 aliphatic rings. The molecule has 0 aliphatic heterocycles. The van der Waals surface area contributed by atoms with Crippen molar-refractivity contribution < 1.29 is 19.4 Å². The molecule has 2 aromatic carbocycles. The van der Waals surface area contributed by atoms with Gasteiger partial charge in [0.2, 0.25) is 0 Å². The number of phenols is 1. The van der Waals surface area contributed by atoms with Gasteiger partial charge in [0.15, 0.2) is 0 Å². The maximum Gasteiger partial charge on any atom is 0.306 e. The molecule has 0 atom stereocenters. The van der Waals surface area contributed by atoms with Crippen LogP contribution in [0, 0.1) is 0 Å². The molecule has 0 saturated carbocycles. The van der Waals surface area contributed by atoms with Crippen LogP contribution < -0.4 is 0 Å². The third-order valence-electron chi connectivity index (χ3n) is 5.76. The third-order valence-corrected chi connectivity index (χ3v) is 6.00. The maximum absolute atomic E-state index is 12.7. The van der Waals surface area contributed by atoms with Gasteiger partial charge in [-0.2, -0.15) is 0 Å². The molecule has 3 aromatic rings. The molecule has 0 spiro atoms. The second-order valence-corrected chi connectivity index (χ2v) is 12.3. The first-order chi connectivity index (χ1) is 16.5. The lowest BCUT2D eigenvalue weighted by Crippen LogP contribution is -2.31. The van der Waals surface area contributed by atoms with E-state index >= 15 is 0 Å². The molecule has 0 fully saturated rings. The van der Waals surface area contributed by atoms with Gasteiger partial charge in [-0.25, -0.2) is 0 Å².